The van der Waals surface area contributed by atoms with Gasteiger partial charge in [-0.05, 0) is 6.07 Å². The molecule has 1 rings (SSSR count). The molecule has 0 aliphatic rings. The van der Waals surface area contributed by atoms with Crippen molar-refractivity contribution in [1.82, 2.24) is 0 Å². The van der Waals surface area contributed by atoms with Gasteiger partial charge in [0.25, 0.3) is 0 Å². The first kappa shape index (κ1) is 15.8. The number of phenolic OH excluding ortho intramolecular Hbond substituents is 1. The van der Waals surface area contributed by atoms with Gasteiger partial charge < -0.3 is 19.7 Å². The highest BCUT2D eigenvalue weighted by Crippen LogP contribution is 2.38. The summed E-state index contributed by atoms with van der Waals surface area (Å²) in [6, 6.07) is 2.69. The third-order valence-electron chi connectivity index (χ3n) is 3.05. The van der Waals surface area contributed by atoms with Crippen molar-refractivity contribution >= 4 is 11.9 Å². The number of aromatic hydroxyl groups is 1. The van der Waals surface area contributed by atoms with Gasteiger partial charge in [-0.1, -0.05) is 13.8 Å². The lowest BCUT2D eigenvalue weighted by Gasteiger charge is -2.25. The first-order valence-electron chi connectivity index (χ1n) is 5.94. The van der Waals surface area contributed by atoms with Crippen molar-refractivity contribution < 1.29 is 29.3 Å². The second-order valence-electron chi connectivity index (χ2n) is 5.02. The summed E-state index contributed by atoms with van der Waals surface area (Å²) in [5.41, 5.74) is -0.354. The fourth-order valence-electron chi connectivity index (χ4n) is 2.02. The monoisotopic (exact) mass is 282 g/mol. The molecule has 0 heterocycles. The van der Waals surface area contributed by atoms with Crippen LogP contribution in [0.4, 0.5) is 0 Å². The fourth-order valence-corrected chi connectivity index (χ4v) is 2.02. The molecule has 0 bridgehead atoms. The molecule has 6 heteroatoms. The van der Waals surface area contributed by atoms with Gasteiger partial charge in [-0.2, -0.15) is 0 Å². The van der Waals surface area contributed by atoms with Crippen LogP contribution in [0.5, 0.6) is 11.5 Å². The third-order valence-corrected chi connectivity index (χ3v) is 3.05. The van der Waals surface area contributed by atoms with Gasteiger partial charge in [0.2, 0.25) is 0 Å². The Labute approximate surface area is 116 Å². The summed E-state index contributed by atoms with van der Waals surface area (Å²) in [5.74, 6) is -1.57. The van der Waals surface area contributed by atoms with Gasteiger partial charge >= 0.3 is 11.9 Å². The van der Waals surface area contributed by atoms with Crippen molar-refractivity contribution in [2.45, 2.75) is 25.7 Å². The Morgan fingerprint density at radius 3 is 2.30 bits per heavy atom. The van der Waals surface area contributed by atoms with Crippen molar-refractivity contribution in [2.75, 3.05) is 14.2 Å². The highest BCUT2D eigenvalue weighted by Gasteiger charge is 2.29. The van der Waals surface area contributed by atoms with Crippen LogP contribution in [0.15, 0.2) is 12.1 Å². The van der Waals surface area contributed by atoms with Gasteiger partial charge in [-0.15, -0.1) is 0 Å². The van der Waals surface area contributed by atoms with E-state index in [4.69, 9.17) is 9.84 Å². The molecular formula is C14H18O6. The van der Waals surface area contributed by atoms with E-state index >= 15 is 0 Å². The lowest BCUT2D eigenvalue weighted by atomic mass is 9.80. The predicted molar refractivity (Wildman–Crippen MR) is 71.3 cm³/mol. The van der Waals surface area contributed by atoms with Crippen LogP contribution in [0, 0.1) is 0 Å². The molecule has 0 amide bonds. The summed E-state index contributed by atoms with van der Waals surface area (Å²) < 4.78 is 9.67. The number of benzene rings is 1. The maximum Gasteiger partial charge on any atom is 0.341 e. The molecule has 20 heavy (non-hydrogen) atoms. The number of hydrogen-bond donors (Lipinski definition) is 2. The average molecular weight is 282 g/mol. The zero-order chi connectivity index (χ0) is 15.5. The van der Waals surface area contributed by atoms with Crippen LogP contribution in [0.25, 0.3) is 0 Å². The minimum Gasteiger partial charge on any atom is -0.508 e. The van der Waals surface area contributed by atoms with E-state index in [1.54, 1.807) is 13.8 Å². The smallest absolute Gasteiger partial charge is 0.341 e. The fraction of sp³-hybridized carbons (Fsp3) is 0.429. The quantitative estimate of drug-likeness (QED) is 0.802. The number of ether oxygens (including phenoxy) is 2. The minimum atomic E-state index is -0.996. The summed E-state index contributed by atoms with van der Waals surface area (Å²) >= 11 is 0. The molecule has 0 fully saturated rings. The normalized spacial score (nSPS) is 11.0. The SMILES string of the molecule is COC(=O)c1cc(C(C)(C)CC(=O)O)c(O)cc1OC. The molecule has 110 valence electrons. The topological polar surface area (TPSA) is 93.1 Å². The summed E-state index contributed by atoms with van der Waals surface area (Å²) in [4.78, 5) is 22.6. The number of rotatable bonds is 5. The number of esters is 1. The van der Waals surface area contributed by atoms with Crippen LogP contribution in [-0.4, -0.2) is 36.4 Å². The van der Waals surface area contributed by atoms with E-state index < -0.39 is 17.4 Å². The van der Waals surface area contributed by atoms with Crippen LogP contribution in [0.1, 0.15) is 36.2 Å². The van der Waals surface area contributed by atoms with Crippen molar-refractivity contribution in [1.29, 1.82) is 0 Å². The van der Waals surface area contributed by atoms with E-state index in [0.717, 1.165) is 0 Å². The molecule has 2 N–H and O–H groups in total. The van der Waals surface area contributed by atoms with Crippen LogP contribution in [0.2, 0.25) is 0 Å². The molecule has 0 aliphatic heterocycles. The number of carboxylic acid groups (broad SMARTS) is 1. The van der Waals surface area contributed by atoms with Crippen molar-refractivity contribution in [3.05, 3.63) is 23.3 Å². The van der Waals surface area contributed by atoms with E-state index in [1.165, 1.54) is 26.4 Å². The molecule has 0 spiro atoms. The number of hydrogen-bond acceptors (Lipinski definition) is 5. The lowest BCUT2D eigenvalue weighted by molar-refractivity contribution is -0.138. The summed E-state index contributed by atoms with van der Waals surface area (Å²) in [7, 11) is 2.60. The lowest BCUT2D eigenvalue weighted by Crippen LogP contribution is -2.22. The van der Waals surface area contributed by atoms with Gasteiger partial charge in [0.15, 0.2) is 0 Å². The Balaban J connectivity index is 3.41. The van der Waals surface area contributed by atoms with E-state index in [0.29, 0.717) is 5.56 Å². The number of carbonyl (C=O) groups excluding carboxylic acids is 1. The molecule has 1 aromatic carbocycles. The largest absolute Gasteiger partial charge is 0.508 e. The van der Waals surface area contributed by atoms with Crippen LogP contribution in [-0.2, 0) is 14.9 Å². The zero-order valence-corrected chi connectivity index (χ0v) is 11.9. The Morgan fingerprint density at radius 2 is 1.85 bits per heavy atom. The molecule has 0 unspecified atom stereocenters. The van der Waals surface area contributed by atoms with Crippen LogP contribution in [0.3, 0.4) is 0 Å². The Bertz CT molecular complexity index is 533. The van der Waals surface area contributed by atoms with Crippen molar-refractivity contribution in [3.8, 4) is 11.5 Å². The van der Waals surface area contributed by atoms with E-state index in [-0.39, 0.29) is 23.5 Å². The number of carboxylic acids is 1. The summed E-state index contributed by atoms with van der Waals surface area (Å²) in [6.45, 7) is 3.34. The first-order chi connectivity index (χ1) is 9.22. The molecule has 0 atom stereocenters. The maximum absolute atomic E-state index is 11.7. The van der Waals surface area contributed by atoms with Gasteiger partial charge in [0.05, 0.1) is 20.6 Å². The Morgan fingerprint density at radius 1 is 1.25 bits per heavy atom. The second kappa shape index (κ2) is 5.81. The first-order valence-corrected chi connectivity index (χ1v) is 5.94. The molecule has 0 saturated carbocycles. The average Bonchev–Trinajstić information content (AvgIpc) is 2.35. The van der Waals surface area contributed by atoms with E-state index in [2.05, 4.69) is 4.74 Å². The summed E-state index contributed by atoms with van der Waals surface area (Å²) in [6.07, 6.45) is -0.187. The highest BCUT2D eigenvalue weighted by molar-refractivity contribution is 5.93. The number of phenols is 1. The maximum atomic E-state index is 11.7. The van der Waals surface area contributed by atoms with Crippen molar-refractivity contribution in [3.63, 3.8) is 0 Å². The minimum absolute atomic E-state index is 0.124. The molecule has 6 nitrogen and oxygen atoms in total. The molecule has 0 aromatic heterocycles. The predicted octanol–water partition coefficient (Wildman–Crippen LogP) is 1.94. The van der Waals surface area contributed by atoms with Crippen LogP contribution < -0.4 is 4.74 Å². The Hall–Kier alpha value is -2.24. The highest BCUT2D eigenvalue weighted by atomic mass is 16.5. The molecule has 0 radical (unpaired) electrons. The van der Waals surface area contributed by atoms with Gasteiger partial charge in [-0.25, -0.2) is 4.79 Å². The number of aliphatic carboxylic acids is 1. The second-order valence-corrected chi connectivity index (χ2v) is 5.02. The van der Waals surface area contributed by atoms with Gasteiger partial charge in [0, 0.05) is 17.0 Å². The number of carbonyl (C=O) groups is 2. The molecule has 0 saturated heterocycles. The molecular weight excluding hydrogens is 264 g/mol. The van der Waals surface area contributed by atoms with Gasteiger partial charge in [-0.3, -0.25) is 4.79 Å². The van der Waals surface area contributed by atoms with Crippen LogP contribution >= 0.6 is 0 Å². The van der Waals surface area contributed by atoms with E-state index in [9.17, 15) is 14.7 Å². The molecule has 1 aromatic rings. The zero-order valence-electron chi connectivity index (χ0n) is 11.9. The standard InChI is InChI=1S/C14H18O6/c1-14(2,7-12(16)17)9-5-8(13(18)20-4)11(19-3)6-10(9)15/h5-6,15H,7H2,1-4H3,(H,16,17). The number of methoxy groups -OCH3 is 2. The Kier molecular flexibility index (Phi) is 4.60. The summed E-state index contributed by atoms with van der Waals surface area (Å²) in [5, 5.41) is 19.0. The third kappa shape index (κ3) is 3.20. The van der Waals surface area contributed by atoms with Gasteiger partial charge in [0.1, 0.15) is 17.1 Å². The van der Waals surface area contributed by atoms with E-state index in [1.807, 2.05) is 0 Å². The van der Waals surface area contributed by atoms with Crippen molar-refractivity contribution in [2.24, 2.45) is 0 Å². The molecule has 0 aliphatic carbocycles.